The molecule has 1 rings (SSSR count). The lowest BCUT2D eigenvalue weighted by molar-refractivity contribution is -0.142. The van der Waals surface area contributed by atoms with Gasteiger partial charge in [-0.15, -0.1) is 0 Å². The molecule has 0 aliphatic carbocycles. The molecular formula is C11H12Cl2O4S. The van der Waals surface area contributed by atoms with Gasteiger partial charge in [-0.05, 0) is 19.1 Å². The number of esters is 1. The summed E-state index contributed by atoms with van der Waals surface area (Å²) in [6.45, 7) is 1.86. The summed E-state index contributed by atoms with van der Waals surface area (Å²) in [6.07, 6.45) is -0.224. The number of carbonyl (C=O) groups is 1. The van der Waals surface area contributed by atoms with Gasteiger partial charge in [-0.25, -0.2) is 8.42 Å². The van der Waals surface area contributed by atoms with Gasteiger partial charge in [0.15, 0.2) is 9.84 Å². The number of ether oxygens (including phenoxy) is 1. The normalized spacial score (nSPS) is 11.3. The Morgan fingerprint density at radius 2 is 1.83 bits per heavy atom. The van der Waals surface area contributed by atoms with Crippen molar-refractivity contribution in [3.8, 4) is 0 Å². The predicted molar refractivity (Wildman–Crippen MR) is 69.8 cm³/mol. The molecule has 0 atom stereocenters. The van der Waals surface area contributed by atoms with E-state index in [0.29, 0.717) is 0 Å². The van der Waals surface area contributed by atoms with Crippen LogP contribution in [0.3, 0.4) is 0 Å². The highest BCUT2D eigenvalue weighted by Crippen LogP contribution is 2.30. The van der Waals surface area contributed by atoms with E-state index in [-0.39, 0.29) is 33.7 Å². The van der Waals surface area contributed by atoms with Crippen molar-refractivity contribution in [1.29, 1.82) is 0 Å². The van der Waals surface area contributed by atoms with E-state index in [1.54, 1.807) is 13.0 Å². The second kappa shape index (κ2) is 6.41. The van der Waals surface area contributed by atoms with Gasteiger partial charge in [0.2, 0.25) is 0 Å². The summed E-state index contributed by atoms with van der Waals surface area (Å²) in [5.74, 6) is -0.945. The molecule has 0 saturated carbocycles. The Balaban J connectivity index is 2.91. The van der Waals surface area contributed by atoms with Crippen LogP contribution in [0.1, 0.15) is 13.3 Å². The fourth-order valence-electron chi connectivity index (χ4n) is 1.33. The molecule has 0 aromatic heterocycles. The Morgan fingerprint density at radius 1 is 1.28 bits per heavy atom. The Hall–Kier alpha value is -0.780. The van der Waals surface area contributed by atoms with Gasteiger partial charge < -0.3 is 4.74 Å². The first-order valence-corrected chi connectivity index (χ1v) is 7.61. The lowest BCUT2D eigenvalue weighted by atomic mass is 10.4. The lowest BCUT2D eigenvalue weighted by Gasteiger charge is -2.08. The highest BCUT2D eigenvalue weighted by molar-refractivity contribution is 7.91. The number of sulfone groups is 1. The van der Waals surface area contributed by atoms with Crippen LogP contribution in [0.4, 0.5) is 0 Å². The maximum atomic E-state index is 12.0. The van der Waals surface area contributed by atoms with Crippen molar-refractivity contribution in [2.24, 2.45) is 0 Å². The van der Waals surface area contributed by atoms with Gasteiger partial charge in [0, 0.05) is 0 Å². The maximum absolute atomic E-state index is 12.0. The van der Waals surface area contributed by atoms with Crippen LogP contribution in [0.2, 0.25) is 10.0 Å². The molecule has 0 spiro atoms. The monoisotopic (exact) mass is 310 g/mol. The third-order valence-electron chi connectivity index (χ3n) is 2.11. The number of rotatable bonds is 5. The van der Waals surface area contributed by atoms with E-state index in [0.717, 1.165) is 0 Å². The van der Waals surface area contributed by atoms with Gasteiger partial charge >= 0.3 is 5.97 Å². The van der Waals surface area contributed by atoms with Crippen molar-refractivity contribution in [2.75, 3.05) is 12.4 Å². The Labute approximate surface area is 116 Å². The molecule has 1 aromatic rings. The fourth-order valence-corrected chi connectivity index (χ4v) is 3.81. The van der Waals surface area contributed by atoms with Gasteiger partial charge in [0.05, 0.1) is 28.8 Å². The molecule has 18 heavy (non-hydrogen) atoms. The van der Waals surface area contributed by atoms with E-state index in [1.165, 1.54) is 12.1 Å². The lowest BCUT2D eigenvalue weighted by Crippen LogP contribution is -2.14. The fraction of sp³-hybridized carbons (Fsp3) is 0.364. The topological polar surface area (TPSA) is 60.4 Å². The Kier molecular flexibility index (Phi) is 5.44. The molecule has 4 nitrogen and oxygen atoms in total. The highest BCUT2D eigenvalue weighted by Gasteiger charge is 2.22. The van der Waals surface area contributed by atoms with Gasteiger partial charge in [-0.2, -0.15) is 0 Å². The summed E-state index contributed by atoms with van der Waals surface area (Å²) < 4.78 is 28.7. The molecule has 0 bridgehead atoms. The van der Waals surface area contributed by atoms with Crippen molar-refractivity contribution < 1.29 is 17.9 Å². The Bertz CT molecular complexity index is 520. The number of hydrogen-bond acceptors (Lipinski definition) is 4. The zero-order valence-corrected chi connectivity index (χ0v) is 12.0. The second-order valence-corrected chi connectivity index (χ2v) is 6.29. The molecule has 100 valence electrons. The van der Waals surface area contributed by atoms with E-state index < -0.39 is 15.8 Å². The Morgan fingerprint density at radius 3 is 2.33 bits per heavy atom. The summed E-state index contributed by atoms with van der Waals surface area (Å²) in [5, 5.41) is 0.0951. The summed E-state index contributed by atoms with van der Waals surface area (Å²) in [6, 6.07) is 4.42. The van der Waals surface area contributed by atoms with Gasteiger partial charge in [0.25, 0.3) is 0 Å². The van der Waals surface area contributed by atoms with Gasteiger partial charge in [-0.1, -0.05) is 29.3 Å². The zero-order chi connectivity index (χ0) is 13.8. The second-order valence-electron chi connectivity index (χ2n) is 3.42. The first-order chi connectivity index (χ1) is 8.38. The third kappa shape index (κ3) is 3.86. The molecule has 0 N–H and O–H groups in total. The minimum absolute atomic E-state index is 0.0476. The molecule has 1 aromatic carbocycles. The molecule has 0 amide bonds. The molecule has 0 aliphatic heterocycles. The van der Waals surface area contributed by atoms with E-state index >= 15 is 0 Å². The van der Waals surface area contributed by atoms with Gasteiger partial charge in [-0.3, -0.25) is 4.79 Å². The number of halogens is 2. The minimum Gasteiger partial charge on any atom is -0.466 e. The van der Waals surface area contributed by atoms with Crippen molar-refractivity contribution in [3.05, 3.63) is 28.2 Å². The van der Waals surface area contributed by atoms with E-state index in [4.69, 9.17) is 23.2 Å². The van der Waals surface area contributed by atoms with Crippen LogP contribution in [0, 0.1) is 0 Å². The van der Waals surface area contributed by atoms with Gasteiger partial charge in [0.1, 0.15) is 4.90 Å². The average molecular weight is 311 g/mol. The number of benzene rings is 1. The van der Waals surface area contributed by atoms with Crippen LogP contribution >= 0.6 is 23.2 Å². The van der Waals surface area contributed by atoms with Crippen molar-refractivity contribution in [2.45, 2.75) is 18.2 Å². The first-order valence-electron chi connectivity index (χ1n) is 5.21. The summed E-state index contributed by atoms with van der Waals surface area (Å²) in [7, 11) is -3.70. The van der Waals surface area contributed by atoms with Crippen molar-refractivity contribution in [3.63, 3.8) is 0 Å². The zero-order valence-electron chi connectivity index (χ0n) is 9.65. The van der Waals surface area contributed by atoms with E-state index in [9.17, 15) is 13.2 Å². The first kappa shape index (κ1) is 15.3. The van der Waals surface area contributed by atoms with E-state index in [1.807, 2.05) is 0 Å². The quantitative estimate of drug-likeness (QED) is 0.785. The highest BCUT2D eigenvalue weighted by atomic mass is 35.5. The molecule has 0 aliphatic rings. The summed E-state index contributed by atoms with van der Waals surface area (Å²) in [5.41, 5.74) is 0. The van der Waals surface area contributed by atoms with E-state index in [2.05, 4.69) is 4.74 Å². The van der Waals surface area contributed by atoms with Crippen LogP contribution in [0.25, 0.3) is 0 Å². The smallest absolute Gasteiger partial charge is 0.306 e. The molecule has 0 heterocycles. The van der Waals surface area contributed by atoms with Crippen molar-refractivity contribution >= 4 is 39.0 Å². The average Bonchev–Trinajstić information content (AvgIpc) is 2.26. The van der Waals surface area contributed by atoms with Crippen LogP contribution < -0.4 is 0 Å². The number of carbonyl (C=O) groups excluding carboxylic acids is 1. The van der Waals surface area contributed by atoms with Crippen LogP contribution in [-0.2, 0) is 19.4 Å². The molecule has 0 radical (unpaired) electrons. The predicted octanol–water partition coefficient (Wildman–Crippen LogP) is 2.72. The van der Waals surface area contributed by atoms with Crippen LogP contribution in [0.15, 0.2) is 23.1 Å². The largest absolute Gasteiger partial charge is 0.466 e. The SMILES string of the molecule is CCOC(=O)CCS(=O)(=O)c1c(Cl)cccc1Cl. The van der Waals surface area contributed by atoms with Crippen LogP contribution in [-0.4, -0.2) is 26.7 Å². The molecule has 0 unspecified atom stereocenters. The van der Waals surface area contributed by atoms with Crippen molar-refractivity contribution in [1.82, 2.24) is 0 Å². The summed E-state index contributed by atoms with van der Waals surface area (Å²) >= 11 is 11.6. The van der Waals surface area contributed by atoms with Crippen LogP contribution in [0.5, 0.6) is 0 Å². The molecular weight excluding hydrogens is 299 g/mol. The minimum atomic E-state index is -3.70. The standard InChI is InChI=1S/C11H12Cl2O4S/c1-2-17-10(14)6-7-18(15,16)11-8(12)4-3-5-9(11)13/h3-5H,2,6-7H2,1H3. The summed E-state index contributed by atoms with van der Waals surface area (Å²) in [4.78, 5) is 11.0. The molecule has 0 fully saturated rings. The molecule has 0 saturated heterocycles. The number of hydrogen-bond donors (Lipinski definition) is 0. The maximum Gasteiger partial charge on any atom is 0.306 e. The molecule has 7 heteroatoms. The third-order valence-corrected chi connectivity index (χ3v) is 4.77.